The van der Waals surface area contributed by atoms with Gasteiger partial charge in [-0.05, 0) is 12.0 Å². The third-order valence-electron chi connectivity index (χ3n) is 2.79. The summed E-state index contributed by atoms with van der Waals surface area (Å²) >= 11 is 0. The van der Waals surface area contributed by atoms with Crippen molar-refractivity contribution in [1.29, 1.82) is 0 Å². The first-order valence-corrected chi connectivity index (χ1v) is 6.65. The van der Waals surface area contributed by atoms with Gasteiger partial charge < -0.3 is 15.8 Å². The molecule has 0 unspecified atom stereocenters. The Morgan fingerprint density at radius 3 is 2.90 bits per heavy atom. The number of nitrogen functional groups attached to an aromatic ring is 1. The van der Waals surface area contributed by atoms with Crippen LogP contribution >= 0.6 is 0 Å². The number of hydrogen-bond acceptors (Lipinski definition) is 4. The molecule has 0 bridgehead atoms. The standard InChI is InChI=1S/C15H18N4O2/c16-14-13(10-18-19-14)8-4-5-9-17-15(20)21-11-12-6-2-1-3-7-12/h1-4,6-8,10H,5,9,11H2,(H,17,20)(H3,16,18,19). The highest BCUT2D eigenvalue weighted by Gasteiger charge is 2.00. The number of H-pyrrole nitrogens is 1. The molecule has 0 spiro atoms. The zero-order chi connectivity index (χ0) is 14.9. The van der Waals surface area contributed by atoms with Gasteiger partial charge in [-0.2, -0.15) is 5.10 Å². The Kier molecular flexibility index (Phi) is 5.40. The first kappa shape index (κ1) is 14.6. The van der Waals surface area contributed by atoms with Gasteiger partial charge in [-0.1, -0.05) is 42.5 Å². The third-order valence-corrected chi connectivity index (χ3v) is 2.79. The number of alkyl carbamates (subject to hydrolysis) is 1. The van der Waals surface area contributed by atoms with Gasteiger partial charge in [0.15, 0.2) is 0 Å². The van der Waals surface area contributed by atoms with Gasteiger partial charge in [0, 0.05) is 12.1 Å². The number of nitrogens with zero attached hydrogens (tertiary/aromatic N) is 1. The van der Waals surface area contributed by atoms with Crippen molar-refractivity contribution < 1.29 is 9.53 Å². The summed E-state index contributed by atoms with van der Waals surface area (Å²) < 4.78 is 5.09. The molecule has 0 atom stereocenters. The summed E-state index contributed by atoms with van der Waals surface area (Å²) in [5, 5.41) is 9.14. The van der Waals surface area contributed by atoms with Crippen molar-refractivity contribution in [3.05, 3.63) is 53.7 Å². The molecule has 1 aromatic heterocycles. The predicted octanol–water partition coefficient (Wildman–Crippen LogP) is 2.32. The van der Waals surface area contributed by atoms with Crippen molar-refractivity contribution >= 4 is 18.0 Å². The number of benzene rings is 1. The highest BCUT2D eigenvalue weighted by molar-refractivity contribution is 5.67. The molecular weight excluding hydrogens is 268 g/mol. The van der Waals surface area contributed by atoms with E-state index in [1.54, 1.807) is 6.20 Å². The van der Waals surface area contributed by atoms with E-state index in [-0.39, 0.29) is 6.61 Å². The lowest BCUT2D eigenvalue weighted by molar-refractivity contribution is 0.140. The minimum absolute atomic E-state index is 0.272. The first-order chi connectivity index (χ1) is 10.3. The maximum Gasteiger partial charge on any atom is 0.407 e. The summed E-state index contributed by atoms with van der Waals surface area (Å²) in [6.07, 6.45) is 5.68. The number of nitrogens with two attached hydrogens (primary N) is 1. The molecule has 4 N–H and O–H groups in total. The van der Waals surface area contributed by atoms with Crippen LogP contribution in [0.4, 0.5) is 10.6 Å². The third kappa shape index (κ3) is 5.02. The van der Waals surface area contributed by atoms with E-state index in [1.165, 1.54) is 0 Å². The lowest BCUT2D eigenvalue weighted by Gasteiger charge is -2.05. The van der Waals surface area contributed by atoms with Crippen molar-refractivity contribution in [2.75, 3.05) is 12.3 Å². The molecule has 110 valence electrons. The highest BCUT2D eigenvalue weighted by atomic mass is 16.5. The molecule has 0 aliphatic rings. The molecule has 2 rings (SSSR count). The number of anilines is 1. The lowest BCUT2D eigenvalue weighted by atomic mass is 10.2. The number of aromatic amines is 1. The van der Waals surface area contributed by atoms with Crippen molar-refractivity contribution in [2.45, 2.75) is 13.0 Å². The summed E-state index contributed by atoms with van der Waals surface area (Å²) in [6.45, 7) is 0.774. The Morgan fingerprint density at radius 2 is 2.19 bits per heavy atom. The fraction of sp³-hybridized carbons (Fsp3) is 0.200. The van der Waals surface area contributed by atoms with E-state index in [0.29, 0.717) is 18.8 Å². The molecule has 6 nitrogen and oxygen atoms in total. The zero-order valence-corrected chi connectivity index (χ0v) is 11.6. The Bertz CT molecular complexity index is 593. The Morgan fingerprint density at radius 1 is 1.38 bits per heavy atom. The SMILES string of the molecule is Nc1[nH]ncc1C=CCCNC(=O)OCc1ccccc1. The number of rotatable bonds is 6. The Labute approximate surface area is 123 Å². The van der Waals surface area contributed by atoms with Crippen LogP contribution in [0.25, 0.3) is 6.08 Å². The van der Waals surface area contributed by atoms with Gasteiger partial charge in [-0.25, -0.2) is 4.79 Å². The largest absolute Gasteiger partial charge is 0.445 e. The monoisotopic (exact) mass is 286 g/mol. The van der Waals surface area contributed by atoms with Crippen LogP contribution in [-0.2, 0) is 11.3 Å². The average Bonchev–Trinajstić information content (AvgIpc) is 2.91. The van der Waals surface area contributed by atoms with Crippen molar-refractivity contribution in [1.82, 2.24) is 15.5 Å². The van der Waals surface area contributed by atoms with E-state index in [9.17, 15) is 4.79 Å². The van der Waals surface area contributed by atoms with Crippen LogP contribution in [-0.4, -0.2) is 22.8 Å². The highest BCUT2D eigenvalue weighted by Crippen LogP contribution is 2.08. The number of carbonyl (C=O) groups is 1. The van der Waals surface area contributed by atoms with Gasteiger partial charge >= 0.3 is 6.09 Å². The molecule has 2 aromatic rings. The lowest BCUT2D eigenvalue weighted by Crippen LogP contribution is -2.24. The molecule has 0 saturated heterocycles. The minimum Gasteiger partial charge on any atom is -0.445 e. The maximum absolute atomic E-state index is 11.5. The topological polar surface area (TPSA) is 93.0 Å². The predicted molar refractivity (Wildman–Crippen MR) is 81.3 cm³/mol. The van der Waals surface area contributed by atoms with Crippen LogP contribution in [0.5, 0.6) is 0 Å². The minimum atomic E-state index is -0.421. The van der Waals surface area contributed by atoms with Crippen molar-refractivity contribution in [3.8, 4) is 0 Å². The van der Waals surface area contributed by atoms with Crippen LogP contribution in [0.3, 0.4) is 0 Å². The average molecular weight is 286 g/mol. The van der Waals surface area contributed by atoms with E-state index in [1.807, 2.05) is 42.5 Å². The van der Waals surface area contributed by atoms with Gasteiger partial charge in [0.25, 0.3) is 0 Å². The summed E-state index contributed by atoms with van der Waals surface area (Å²) in [4.78, 5) is 11.5. The molecular formula is C15H18N4O2. The quantitative estimate of drug-likeness (QED) is 0.710. The van der Waals surface area contributed by atoms with Gasteiger partial charge in [0.2, 0.25) is 0 Å². The number of amides is 1. The number of ether oxygens (including phenoxy) is 1. The van der Waals surface area contributed by atoms with Gasteiger partial charge in [0.05, 0.1) is 6.20 Å². The molecule has 1 amide bonds. The first-order valence-electron chi connectivity index (χ1n) is 6.65. The van der Waals surface area contributed by atoms with E-state index in [4.69, 9.17) is 10.5 Å². The molecule has 6 heteroatoms. The summed E-state index contributed by atoms with van der Waals surface area (Å²) in [7, 11) is 0. The maximum atomic E-state index is 11.5. The summed E-state index contributed by atoms with van der Waals surface area (Å²) in [6, 6.07) is 9.55. The molecule has 0 fully saturated rings. The second-order valence-electron chi connectivity index (χ2n) is 4.42. The van der Waals surface area contributed by atoms with E-state index < -0.39 is 6.09 Å². The van der Waals surface area contributed by atoms with Gasteiger partial charge in [-0.3, -0.25) is 5.10 Å². The molecule has 21 heavy (non-hydrogen) atoms. The van der Waals surface area contributed by atoms with E-state index in [2.05, 4.69) is 15.5 Å². The molecule has 1 aromatic carbocycles. The number of nitrogens with one attached hydrogen (secondary N) is 2. The summed E-state index contributed by atoms with van der Waals surface area (Å²) in [5.41, 5.74) is 7.44. The molecule has 0 aliphatic heterocycles. The Balaban J connectivity index is 1.61. The smallest absolute Gasteiger partial charge is 0.407 e. The Hall–Kier alpha value is -2.76. The van der Waals surface area contributed by atoms with Crippen LogP contribution in [0.15, 0.2) is 42.6 Å². The van der Waals surface area contributed by atoms with Crippen LogP contribution in [0, 0.1) is 0 Å². The zero-order valence-electron chi connectivity index (χ0n) is 11.6. The molecule has 0 saturated carbocycles. The normalized spacial score (nSPS) is 10.7. The fourth-order valence-corrected chi connectivity index (χ4v) is 1.68. The molecule has 0 aliphatic carbocycles. The van der Waals surface area contributed by atoms with Gasteiger partial charge in [0.1, 0.15) is 12.4 Å². The number of aromatic nitrogens is 2. The number of hydrogen-bond donors (Lipinski definition) is 3. The number of carbonyl (C=O) groups excluding carboxylic acids is 1. The van der Waals surface area contributed by atoms with Gasteiger partial charge in [-0.15, -0.1) is 0 Å². The van der Waals surface area contributed by atoms with E-state index >= 15 is 0 Å². The second kappa shape index (κ2) is 7.74. The second-order valence-corrected chi connectivity index (χ2v) is 4.42. The fourth-order valence-electron chi connectivity index (χ4n) is 1.68. The van der Waals surface area contributed by atoms with Crippen molar-refractivity contribution in [2.24, 2.45) is 0 Å². The summed E-state index contributed by atoms with van der Waals surface area (Å²) in [5.74, 6) is 0.529. The van der Waals surface area contributed by atoms with Crippen LogP contribution in [0.1, 0.15) is 17.5 Å². The van der Waals surface area contributed by atoms with E-state index in [0.717, 1.165) is 11.1 Å². The van der Waals surface area contributed by atoms with Crippen molar-refractivity contribution in [3.63, 3.8) is 0 Å². The molecule has 1 heterocycles. The van der Waals surface area contributed by atoms with Crippen LogP contribution < -0.4 is 11.1 Å². The van der Waals surface area contributed by atoms with Crippen LogP contribution in [0.2, 0.25) is 0 Å². The molecule has 0 radical (unpaired) electrons.